The molecule has 2 amide bonds. The standard InChI is InChI=1S/C20H14Cl4F4N2O2/c1-2-30-16(31)10-6-9(7-11(14(10)22)20(26,27)28)18(17(29)32)15(19(18,23)24)8-3-4-13(25)12(21)5-8/h3-7,15H,2H2,1H3,(H2,29,32)(H,30,31). The summed E-state index contributed by atoms with van der Waals surface area (Å²) in [7, 11) is 0. The number of carbonyl (C=O) groups is 2. The van der Waals surface area contributed by atoms with Crippen molar-refractivity contribution in [1.82, 2.24) is 5.32 Å². The number of amides is 2. The molecule has 0 saturated heterocycles. The predicted octanol–water partition coefficient (Wildman–Crippen LogP) is 5.60. The molecule has 0 spiro atoms. The quantitative estimate of drug-likeness (QED) is 0.389. The second-order valence-electron chi connectivity index (χ2n) is 7.14. The second kappa shape index (κ2) is 8.24. The van der Waals surface area contributed by atoms with Gasteiger partial charge in [0, 0.05) is 12.5 Å². The van der Waals surface area contributed by atoms with Gasteiger partial charge in [0.05, 0.1) is 21.2 Å². The zero-order valence-corrected chi connectivity index (χ0v) is 19.1. The van der Waals surface area contributed by atoms with E-state index >= 15 is 0 Å². The third kappa shape index (κ3) is 3.71. The van der Waals surface area contributed by atoms with Crippen molar-refractivity contribution in [3.8, 4) is 0 Å². The number of primary amides is 1. The summed E-state index contributed by atoms with van der Waals surface area (Å²) in [4.78, 5) is 25.0. The van der Waals surface area contributed by atoms with Gasteiger partial charge in [-0.1, -0.05) is 52.5 Å². The lowest BCUT2D eigenvalue weighted by molar-refractivity contribution is -0.137. The fourth-order valence-corrected chi connectivity index (χ4v) is 5.43. The van der Waals surface area contributed by atoms with Gasteiger partial charge in [-0.3, -0.25) is 9.59 Å². The highest BCUT2D eigenvalue weighted by atomic mass is 35.5. The number of alkyl halides is 5. The number of halogens is 8. The van der Waals surface area contributed by atoms with E-state index in [9.17, 15) is 27.2 Å². The summed E-state index contributed by atoms with van der Waals surface area (Å²) >= 11 is 24.5. The van der Waals surface area contributed by atoms with Crippen molar-refractivity contribution in [3.05, 3.63) is 68.4 Å². The molecule has 1 fully saturated rings. The van der Waals surface area contributed by atoms with Crippen LogP contribution in [0.5, 0.6) is 0 Å². The minimum Gasteiger partial charge on any atom is -0.369 e. The van der Waals surface area contributed by atoms with Crippen molar-refractivity contribution in [1.29, 1.82) is 0 Å². The number of carbonyl (C=O) groups excluding carboxylic acids is 2. The second-order valence-corrected chi connectivity index (χ2v) is 9.32. The monoisotopic (exact) mass is 530 g/mol. The van der Waals surface area contributed by atoms with E-state index in [-0.39, 0.29) is 22.7 Å². The van der Waals surface area contributed by atoms with Gasteiger partial charge in [0.25, 0.3) is 5.91 Å². The van der Waals surface area contributed by atoms with E-state index in [4.69, 9.17) is 52.1 Å². The van der Waals surface area contributed by atoms with Crippen molar-refractivity contribution < 1.29 is 27.2 Å². The highest BCUT2D eigenvalue weighted by molar-refractivity contribution is 6.55. The van der Waals surface area contributed by atoms with E-state index in [1.54, 1.807) is 6.92 Å². The Morgan fingerprint density at radius 2 is 1.78 bits per heavy atom. The van der Waals surface area contributed by atoms with Crippen LogP contribution in [-0.2, 0) is 16.4 Å². The lowest BCUT2D eigenvalue weighted by Gasteiger charge is -2.20. The fourth-order valence-electron chi connectivity index (χ4n) is 3.84. The average molecular weight is 532 g/mol. The van der Waals surface area contributed by atoms with Gasteiger partial charge in [0.2, 0.25) is 5.91 Å². The third-order valence-corrected chi connectivity index (χ3v) is 7.05. The summed E-state index contributed by atoms with van der Waals surface area (Å²) < 4.78 is 52.8. The predicted molar refractivity (Wildman–Crippen MR) is 114 cm³/mol. The van der Waals surface area contributed by atoms with E-state index in [1.807, 2.05) is 0 Å². The van der Waals surface area contributed by atoms with Crippen molar-refractivity contribution in [3.63, 3.8) is 0 Å². The zero-order chi connectivity index (χ0) is 24.2. The van der Waals surface area contributed by atoms with Gasteiger partial charge >= 0.3 is 6.18 Å². The first-order valence-electron chi connectivity index (χ1n) is 9.03. The molecule has 2 aromatic rings. The van der Waals surface area contributed by atoms with Crippen LogP contribution in [0.1, 0.15) is 39.9 Å². The Labute approximate surface area is 199 Å². The summed E-state index contributed by atoms with van der Waals surface area (Å²) in [6.45, 7) is 1.66. The van der Waals surface area contributed by atoms with Crippen LogP contribution < -0.4 is 11.1 Å². The van der Waals surface area contributed by atoms with Gasteiger partial charge in [0.1, 0.15) is 15.6 Å². The first-order chi connectivity index (χ1) is 14.7. The number of nitrogens with two attached hydrogens (primary N) is 1. The number of hydrogen-bond acceptors (Lipinski definition) is 2. The average Bonchev–Trinajstić information content (AvgIpc) is 3.20. The molecule has 3 N–H and O–H groups in total. The highest BCUT2D eigenvalue weighted by Gasteiger charge is 2.81. The smallest absolute Gasteiger partial charge is 0.369 e. The molecule has 0 bridgehead atoms. The van der Waals surface area contributed by atoms with Gasteiger partial charge in [-0.25, -0.2) is 4.39 Å². The van der Waals surface area contributed by atoms with E-state index in [0.29, 0.717) is 6.07 Å². The number of rotatable bonds is 5. The van der Waals surface area contributed by atoms with Crippen LogP contribution in [0, 0.1) is 5.82 Å². The van der Waals surface area contributed by atoms with Crippen LogP contribution in [-0.4, -0.2) is 22.7 Å². The molecule has 0 aliphatic heterocycles. The largest absolute Gasteiger partial charge is 0.417 e. The topological polar surface area (TPSA) is 72.2 Å². The van der Waals surface area contributed by atoms with Gasteiger partial charge in [0.15, 0.2) is 0 Å². The summed E-state index contributed by atoms with van der Waals surface area (Å²) in [6, 6.07) is 4.96. The summed E-state index contributed by atoms with van der Waals surface area (Å²) in [5.74, 6) is -4.00. The molecule has 172 valence electrons. The number of nitrogens with one attached hydrogen (secondary N) is 1. The summed E-state index contributed by atoms with van der Waals surface area (Å²) in [5.41, 5.74) is 1.41. The first kappa shape index (κ1) is 24.9. The molecule has 1 saturated carbocycles. The van der Waals surface area contributed by atoms with E-state index in [1.165, 1.54) is 6.07 Å². The van der Waals surface area contributed by atoms with Crippen molar-refractivity contribution in [2.24, 2.45) is 5.73 Å². The van der Waals surface area contributed by atoms with Crippen LogP contribution >= 0.6 is 46.4 Å². The highest BCUT2D eigenvalue weighted by Crippen LogP contribution is 2.74. The minimum atomic E-state index is -4.97. The van der Waals surface area contributed by atoms with Gasteiger partial charge < -0.3 is 11.1 Å². The molecule has 1 aliphatic rings. The molecular weight excluding hydrogens is 518 g/mol. The maximum Gasteiger partial charge on any atom is 0.417 e. The maximum absolute atomic E-state index is 13.7. The summed E-state index contributed by atoms with van der Waals surface area (Å²) in [5, 5.41) is 1.18. The van der Waals surface area contributed by atoms with Crippen LogP contribution in [0.15, 0.2) is 30.3 Å². The third-order valence-electron chi connectivity index (χ3n) is 5.32. The Balaban J connectivity index is 2.31. The maximum atomic E-state index is 13.7. The normalized spacial score (nSPS) is 21.8. The van der Waals surface area contributed by atoms with Crippen LogP contribution in [0.2, 0.25) is 10.0 Å². The molecular formula is C20H14Cl4F4N2O2. The van der Waals surface area contributed by atoms with Crippen molar-refractivity contribution in [2.75, 3.05) is 6.54 Å². The Morgan fingerprint density at radius 1 is 1.16 bits per heavy atom. The Kier molecular flexibility index (Phi) is 6.41. The molecule has 2 aromatic carbocycles. The lowest BCUT2D eigenvalue weighted by Crippen LogP contribution is -2.35. The first-order valence-corrected chi connectivity index (χ1v) is 10.5. The van der Waals surface area contributed by atoms with Gasteiger partial charge in [-0.05, 0) is 42.3 Å². The molecule has 0 heterocycles. The fraction of sp³-hybridized carbons (Fsp3) is 0.300. The van der Waals surface area contributed by atoms with E-state index in [0.717, 1.165) is 18.2 Å². The molecule has 2 unspecified atom stereocenters. The molecule has 0 aromatic heterocycles. The lowest BCUT2D eigenvalue weighted by atomic mass is 9.87. The molecule has 12 heteroatoms. The van der Waals surface area contributed by atoms with Crippen LogP contribution in [0.4, 0.5) is 17.6 Å². The minimum absolute atomic E-state index is 0.105. The van der Waals surface area contributed by atoms with E-state index < -0.39 is 55.6 Å². The Hall–Kier alpha value is -1.74. The summed E-state index contributed by atoms with van der Waals surface area (Å²) in [6.07, 6.45) is -4.97. The van der Waals surface area contributed by atoms with Crippen LogP contribution in [0.3, 0.4) is 0 Å². The van der Waals surface area contributed by atoms with Crippen molar-refractivity contribution in [2.45, 2.75) is 28.8 Å². The number of benzene rings is 2. The molecule has 0 radical (unpaired) electrons. The molecule has 4 nitrogen and oxygen atoms in total. The Morgan fingerprint density at radius 3 is 2.28 bits per heavy atom. The molecule has 2 atom stereocenters. The zero-order valence-electron chi connectivity index (χ0n) is 16.1. The Bertz CT molecular complexity index is 1120. The van der Waals surface area contributed by atoms with Gasteiger partial charge in [-0.15, -0.1) is 0 Å². The van der Waals surface area contributed by atoms with Crippen LogP contribution in [0.25, 0.3) is 0 Å². The SMILES string of the molecule is CCNC(=O)c1cc(C2(C(N)=O)C(c3ccc(F)c(Cl)c3)C2(Cl)Cl)cc(C(F)(F)F)c1Cl. The van der Waals surface area contributed by atoms with Crippen molar-refractivity contribution >= 4 is 58.2 Å². The van der Waals surface area contributed by atoms with E-state index in [2.05, 4.69) is 5.32 Å². The molecule has 3 rings (SSSR count). The molecule has 1 aliphatic carbocycles. The molecule has 32 heavy (non-hydrogen) atoms. The van der Waals surface area contributed by atoms with Gasteiger partial charge in [-0.2, -0.15) is 13.2 Å². The number of hydrogen-bond donors (Lipinski definition) is 2.